The smallest absolute Gasteiger partial charge is 0.407 e. The number of benzene rings is 2. The summed E-state index contributed by atoms with van der Waals surface area (Å²) >= 11 is 0. The van der Waals surface area contributed by atoms with Crippen LogP contribution in [-0.2, 0) is 4.74 Å². The first-order chi connectivity index (χ1) is 10.1. The zero-order valence-electron chi connectivity index (χ0n) is 12.3. The van der Waals surface area contributed by atoms with Gasteiger partial charge in [-0.3, -0.25) is 0 Å². The number of cyclic esters (lactones) is 1. The van der Waals surface area contributed by atoms with Crippen molar-refractivity contribution >= 4 is 6.09 Å². The maximum absolute atomic E-state index is 11.6. The largest absolute Gasteiger partial charge is 0.449 e. The molecule has 2 aromatic carbocycles. The van der Waals surface area contributed by atoms with Gasteiger partial charge in [-0.05, 0) is 22.8 Å². The van der Waals surface area contributed by atoms with E-state index in [9.17, 15) is 4.79 Å². The predicted octanol–water partition coefficient (Wildman–Crippen LogP) is 4.16. The Morgan fingerprint density at radius 3 is 2.52 bits per heavy atom. The lowest BCUT2D eigenvalue weighted by atomic mass is 9.80. The lowest BCUT2D eigenvalue weighted by Gasteiger charge is -2.38. The minimum absolute atomic E-state index is 0.0394. The molecule has 3 rings (SSSR count). The van der Waals surface area contributed by atoms with Gasteiger partial charge in [0.2, 0.25) is 0 Å². The normalized spacial score (nSPS) is 20.5. The Hall–Kier alpha value is -2.29. The average molecular weight is 281 g/mol. The fourth-order valence-corrected chi connectivity index (χ4v) is 2.75. The van der Waals surface area contributed by atoms with Gasteiger partial charge in [0, 0.05) is 5.41 Å². The van der Waals surface area contributed by atoms with Gasteiger partial charge < -0.3 is 10.1 Å². The van der Waals surface area contributed by atoms with E-state index in [1.807, 2.05) is 24.3 Å². The van der Waals surface area contributed by atoms with Crippen molar-refractivity contribution in [2.45, 2.75) is 19.9 Å². The van der Waals surface area contributed by atoms with E-state index in [2.05, 4.69) is 49.5 Å². The van der Waals surface area contributed by atoms with Gasteiger partial charge in [0.25, 0.3) is 0 Å². The highest BCUT2D eigenvalue weighted by molar-refractivity contribution is 5.70. The molecule has 1 atom stereocenters. The molecule has 0 bridgehead atoms. The van der Waals surface area contributed by atoms with Crippen molar-refractivity contribution in [2.24, 2.45) is 5.41 Å². The number of carbonyl (C=O) groups excluding carboxylic acids is 1. The van der Waals surface area contributed by atoms with Crippen LogP contribution >= 0.6 is 0 Å². The molecule has 0 aromatic heterocycles. The number of rotatable bonds is 2. The molecule has 1 N–H and O–H groups in total. The van der Waals surface area contributed by atoms with Crippen LogP contribution in [0, 0.1) is 5.41 Å². The summed E-state index contributed by atoms with van der Waals surface area (Å²) < 4.78 is 5.11. The number of amides is 1. The Bertz CT molecular complexity index is 649. The molecule has 0 spiro atoms. The van der Waals surface area contributed by atoms with Crippen LogP contribution in [0.5, 0.6) is 0 Å². The number of alkyl carbamates (subject to hydrolysis) is 1. The van der Waals surface area contributed by atoms with Crippen molar-refractivity contribution in [3.05, 3.63) is 60.2 Å². The first-order valence-corrected chi connectivity index (χ1v) is 7.15. The molecule has 0 aliphatic carbocycles. The van der Waals surface area contributed by atoms with Gasteiger partial charge in [0.1, 0.15) is 6.61 Å². The summed E-state index contributed by atoms with van der Waals surface area (Å²) in [5, 5.41) is 2.94. The third-order valence-corrected chi connectivity index (χ3v) is 3.95. The van der Waals surface area contributed by atoms with Crippen LogP contribution in [0.4, 0.5) is 4.79 Å². The predicted molar refractivity (Wildman–Crippen MR) is 82.9 cm³/mol. The maximum Gasteiger partial charge on any atom is 0.407 e. The van der Waals surface area contributed by atoms with Crippen LogP contribution in [0.2, 0.25) is 0 Å². The molecule has 0 unspecified atom stereocenters. The Kier molecular flexibility index (Phi) is 3.42. The van der Waals surface area contributed by atoms with Crippen molar-refractivity contribution in [2.75, 3.05) is 6.61 Å². The van der Waals surface area contributed by atoms with Gasteiger partial charge in [-0.15, -0.1) is 0 Å². The summed E-state index contributed by atoms with van der Waals surface area (Å²) in [7, 11) is 0. The van der Waals surface area contributed by atoms with E-state index in [-0.39, 0.29) is 17.6 Å². The third kappa shape index (κ3) is 2.77. The molecule has 1 heterocycles. The molecule has 1 aliphatic heterocycles. The Morgan fingerprint density at radius 2 is 1.76 bits per heavy atom. The standard InChI is InChI=1S/C18H19NO2/c1-18(2)12-21-17(20)19-16(18)15-10-6-9-14(11-15)13-7-4-3-5-8-13/h3-11,16H,12H2,1-2H3,(H,19,20)/t16-/m1/s1. The fourth-order valence-electron chi connectivity index (χ4n) is 2.75. The molecule has 0 radical (unpaired) electrons. The molecule has 1 amide bonds. The first-order valence-electron chi connectivity index (χ1n) is 7.15. The summed E-state index contributed by atoms with van der Waals surface area (Å²) in [5.41, 5.74) is 3.31. The second kappa shape index (κ2) is 5.24. The van der Waals surface area contributed by atoms with Crippen molar-refractivity contribution in [3.63, 3.8) is 0 Å². The topological polar surface area (TPSA) is 38.3 Å². The minimum Gasteiger partial charge on any atom is -0.449 e. The molecular formula is C18H19NO2. The molecule has 108 valence electrons. The number of ether oxygens (including phenoxy) is 1. The molecule has 21 heavy (non-hydrogen) atoms. The van der Waals surface area contributed by atoms with Gasteiger partial charge in [-0.1, -0.05) is 62.4 Å². The molecule has 3 nitrogen and oxygen atoms in total. The monoisotopic (exact) mass is 281 g/mol. The van der Waals surface area contributed by atoms with E-state index in [1.54, 1.807) is 0 Å². The maximum atomic E-state index is 11.6. The molecule has 2 aromatic rings. The Morgan fingerprint density at radius 1 is 1.05 bits per heavy atom. The summed E-state index contributed by atoms with van der Waals surface area (Å²) in [6, 6.07) is 18.5. The van der Waals surface area contributed by atoms with Crippen molar-refractivity contribution in [1.82, 2.24) is 5.32 Å². The molecule has 3 heteroatoms. The summed E-state index contributed by atoms with van der Waals surface area (Å²) in [5.74, 6) is 0. The van der Waals surface area contributed by atoms with Crippen molar-refractivity contribution in [1.29, 1.82) is 0 Å². The summed E-state index contributed by atoms with van der Waals surface area (Å²) in [6.45, 7) is 4.64. The number of hydrogen-bond donors (Lipinski definition) is 1. The molecule has 1 fully saturated rings. The van der Waals surface area contributed by atoms with E-state index in [0.717, 1.165) is 11.1 Å². The van der Waals surface area contributed by atoms with Gasteiger partial charge in [0.15, 0.2) is 0 Å². The van der Waals surface area contributed by atoms with Crippen molar-refractivity contribution < 1.29 is 9.53 Å². The molecule has 1 saturated heterocycles. The number of carbonyl (C=O) groups is 1. The summed E-state index contributed by atoms with van der Waals surface area (Å²) in [4.78, 5) is 11.6. The molecular weight excluding hydrogens is 262 g/mol. The average Bonchev–Trinajstić information content (AvgIpc) is 2.51. The van der Waals surface area contributed by atoms with Gasteiger partial charge in [-0.25, -0.2) is 4.79 Å². The fraction of sp³-hybridized carbons (Fsp3) is 0.278. The van der Waals surface area contributed by atoms with Crippen LogP contribution in [0.3, 0.4) is 0 Å². The highest BCUT2D eigenvalue weighted by Gasteiger charge is 2.37. The molecule has 0 saturated carbocycles. The van der Waals surface area contributed by atoms with Gasteiger partial charge >= 0.3 is 6.09 Å². The second-order valence-corrected chi connectivity index (χ2v) is 6.13. The van der Waals surface area contributed by atoms with Crippen molar-refractivity contribution in [3.8, 4) is 11.1 Å². The van der Waals surface area contributed by atoms with Crippen LogP contribution in [0.25, 0.3) is 11.1 Å². The number of nitrogens with one attached hydrogen (secondary N) is 1. The van der Waals surface area contributed by atoms with E-state index >= 15 is 0 Å². The zero-order valence-corrected chi connectivity index (χ0v) is 12.3. The zero-order chi connectivity index (χ0) is 14.9. The Balaban J connectivity index is 1.97. The van der Waals surface area contributed by atoms with E-state index < -0.39 is 0 Å². The quantitative estimate of drug-likeness (QED) is 0.897. The van der Waals surface area contributed by atoms with Crippen LogP contribution in [0.1, 0.15) is 25.5 Å². The second-order valence-electron chi connectivity index (χ2n) is 6.13. The summed E-state index contributed by atoms with van der Waals surface area (Å²) in [6.07, 6.45) is -0.343. The van der Waals surface area contributed by atoms with Gasteiger partial charge in [-0.2, -0.15) is 0 Å². The SMILES string of the molecule is CC1(C)COC(=O)N[C@@H]1c1cccc(-c2ccccc2)c1. The van der Waals surface area contributed by atoms with E-state index in [4.69, 9.17) is 4.74 Å². The van der Waals surface area contributed by atoms with Crippen LogP contribution < -0.4 is 5.32 Å². The molecule has 1 aliphatic rings. The minimum atomic E-state index is -0.343. The Labute approximate surface area is 124 Å². The van der Waals surface area contributed by atoms with Crippen LogP contribution in [0.15, 0.2) is 54.6 Å². The first kappa shape index (κ1) is 13.7. The third-order valence-electron chi connectivity index (χ3n) is 3.95. The van der Waals surface area contributed by atoms with E-state index in [1.165, 1.54) is 5.56 Å². The highest BCUT2D eigenvalue weighted by atomic mass is 16.6. The lowest BCUT2D eigenvalue weighted by molar-refractivity contribution is 0.0387. The van der Waals surface area contributed by atoms with Gasteiger partial charge in [0.05, 0.1) is 6.04 Å². The van der Waals surface area contributed by atoms with E-state index in [0.29, 0.717) is 6.61 Å². The highest BCUT2D eigenvalue weighted by Crippen LogP contribution is 2.37. The lowest BCUT2D eigenvalue weighted by Crippen LogP contribution is -2.46. The van der Waals surface area contributed by atoms with Crippen LogP contribution in [-0.4, -0.2) is 12.7 Å². The number of hydrogen-bond acceptors (Lipinski definition) is 2.